The highest BCUT2D eigenvalue weighted by atomic mass is 16.3. The summed E-state index contributed by atoms with van der Waals surface area (Å²) in [6.07, 6.45) is 18.0. The van der Waals surface area contributed by atoms with E-state index in [1.807, 2.05) is 11.9 Å². The van der Waals surface area contributed by atoms with Crippen LogP contribution in [0.25, 0.3) is 0 Å². The molecular weight excluding hydrogens is 602 g/mol. The van der Waals surface area contributed by atoms with E-state index < -0.39 is 23.6 Å². The highest BCUT2D eigenvalue weighted by Crippen LogP contribution is 2.66. The molecule has 6 saturated carbocycles. The zero-order chi connectivity index (χ0) is 33.8. The van der Waals surface area contributed by atoms with Crippen LogP contribution in [0.15, 0.2) is 11.8 Å². The van der Waals surface area contributed by atoms with Gasteiger partial charge in [0.05, 0.1) is 11.5 Å². The minimum atomic E-state index is -0.748. The molecule has 0 aromatic carbocycles. The molecule has 8 unspecified atom stereocenters. The topological polar surface area (TPSA) is 105 Å². The lowest BCUT2D eigenvalue weighted by atomic mass is 9.43. The van der Waals surface area contributed by atoms with Crippen LogP contribution in [-0.4, -0.2) is 103 Å². The third-order valence-corrected chi connectivity index (χ3v) is 14.1. The Balaban J connectivity index is 1.09. The maximum Gasteiger partial charge on any atom is 0.245 e. The predicted octanol–water partition coefficient (Wildman–Crippen LogP) is 4.30. The minimum absolute atomic E-state index is 0.0376. The number of likely N-dealkylation sites (tertiary alicyclic amines) is 1. The van der Waals surface area contributed by atoms with E-state index in [0.717, 1.165) is 45.1 Å². The summed E-state index contributed by atoms with van der Waals surface area (Å²) in [5.74, 6) is 2.37. The number of carbonyl (C=O) groups excluding carboxylic acids is 3. The fourth-order valence-electron chi connectivity index (χ4n) is 12.5. The third kappa shape index (κ3) is 6.68. The Labute approximate surface area is 289 Å². The van der Waals surface area contributed by atoms with Crippen LogP contribution in [0.3, 0.4) is 0 Å². The summed E-state index contributed by atoms with van der Waals surface area (Å²) >= 11 is 0. The van der Waals surface area contributed by atoms with Crippen molar-refractivity contribution >= 4 is 17.7 Å². The molecule has 3 N–H and O–H groups in total. The number of aliphatic hydroxyl groups excluding tert-OH is 1. The molecule has 48 heavy (non-hydrogen) atoms. The van der Waals surface area contributed by atoms with E-state index in [1.165, 1.54) is 56.9 Å². The molecule has 7 fully saturated rings. The normalized spacial score (nSPS) is 40.7. The summed E-state index contributed by atoms with van der Waals surface area (Å²) < 4.78 is 0. The van der Waals surface area contributed by atoms with Crippen molar-refractivity contribution in [3.63, 3.8) is 0 Å². The van der Waals surface area contributed by atoms with E-state index >= 15 is 0 Å². The molecule has 0 spiro atoms. The zero-order valence-electron chi connectivity index (χ0n) is 30.2. The molecule has 2 heterocycles. The summed E-state index contributed by atoms with van der Waals surface area (Å²) in [6, 6.07) is -1.01. The van der Waals surface area contributed by atoms with E-state index in [1.54, 1.807) is 4.90 Å². The Morgan fingerprint density at radius 2 is 1.71 bits per heavy atom. The second-order valence-electron chi connectivity index (χ2n) is 18.2. The first-order valence-electron chi connectivity index (χ1n) is 19.6. The average Bonchev–Trinajstić information content (AvgIpc) is 3.63. The van der Waals surface area contributed by atoms with Crippen LogP contribution in [0.2, 0.25) is 0 Å². The number of fused-ring (bicyclic) bond motifs is 1. The molecule has 6 aliphatic carbocycles. The molecule has 4 bridgehead atoms. The fraction of sp³-hybridized carbons (Fsp3) is 0.872. The monoisotopic (exact) mass is 665 g/mol. The Morgan fingerprint density at radius 3 is 2.44 bits per heavy atom. The van der Waals surface area contributed by atoms with Crippen molar-refractivity contribution < 1.29 is 19.5 Å². The van der Waals surface area contributed by atoms with Crippen molar-refractivity contribution in [2.24, 2.45) is 40.4 Å². The van der Waals surface area contributed by atoms with Crippen LogP contribution in [-0.2, 0) is 14.4 Å². The van der Waals surface area contributed by atoms with Gasteiger partial charge in [0.15, 0.2) is 0 Å². The van der Waals surface area contributed by atoms with E-state index in [0.29, 0.717) is 48.6 Å². The number of aliphatic hydroxyl groups is 1. The number of rotatable bonds is 10. The number of hydrogen-bond donors (Lipinski definition) is 3. The highest BCUT2D eigenvalue weighted by Gasteiger charge is 2.62. The van der Waals surface area contributed by atoms with E-state index in [-0.39, 0.29) is 36.1 Å². The lowest BCUT2D eigenvalue weighted by Gasteiger charge is -2.62. The van der Waals surface area contributed by atoms with Crippen molar-refractivity contribution in [1.29, 1.82) is 0 Å². The molecule has 8 aliphatic rings. The second kappa shape index (κ2) is 13.5. The highest BCUT2D eigenvalue weighted by molar-refractivity contribution is 5.94. The standard InChI is InChI=1S/C39H63N5O4/c1-25-9-5-6-10-28(25)21-43(4)36(47)33(14-29-20-40-32-12-8-7-11-31(29)32)41-35(46)34-15-30(45)22-44(34)37(48)39-18-26-13-27(19-39)17-38(16-26,23-39)24-42(2)3/h20,25-28,30-34,40,45H,5-19,21-24H2,1-4H3,(H,41,46)/t25?,26?,27?,28?,30-,31?,32?,33?,34?,38?,39?/m1/s1. The lowest BCUT2D eigenvalue weighted by molar-refractivity contribution is -0.171. The number of hydrogen-bond acceptors (Lipinski definition) is 6. The summed E-state index contributed by atoms with van der Waals surface area (Å²) in [5.41, 5.74) is 0.958. The number of likely N-dealkylation sites (N-methyl/N-ethyl adjacent to an activating group) is 1. The van der Waals surface area contributed by atoms with Crippen LogP contribution in [0.5, 0.6) is 0 Å². The first-order valence-corrected chi connectivity index (χ1v) is 19.6. The Morgan fingerprint density at radius 1 is 1.00 bits per heavy atom. The SMILES string of the molecule is CC1CCCCC1CN(C)C(=O)C(CC1=CNC2CCCCC12)NC(=O)C1C[C@@H](O)CN1C(=O)C12CC3CC(CC(CN(C)C)(C3)C1)C2. The molecular formula is C39H63N5O4. The largest absolute Gasteiger partial charge is 0.391 e. The van der Waals surface area contributed by atoms with Gasteiger partial charge in [-0.3, -0.25) is 14.4 Å². The maximum atomic E-state index is 14.7. The molecule has 1 saturated heterocycles. The van der Waals surface area contributed by atoms with Gasteiger partial charge in [-0.15, -0.1) is 0 Å². The van der Waals surface area contributed by atoms with Gasteiger partial charge in [0.2, 0.25) is 17.7 Å². The summed E-state index contributed by atoms with van der Waals surface area (Å²) in [6.45, 7) is 4.22. The fourth-order valence-corrected chi connectivity index (χ4v) is 12.5. The number of β-amino-alcohol motifs (C(OH)–C–C–N with tert-alkyl or cyclic N) is 1. The number of amides is 3. The summed E-state index contributed by atoms with van der Waals surface area (Å²) in [7, 11) is 6.18. The van der Waals surface area contributed by atoms with Crippen LogP contribution >= 0.6 is 0 Å². The third-order valence-electron chi connectivity index (χ3n) is 14.1. The van der Waals surface area contributed by atoms with Crippen molar-refractivity contribution in [1.82, 2.24) is 25.3 Å². The molecule has 268 valence electrons. The molecule has 9 heteroatoms. The first-order chi connectivity index (χ1) is 22.9. The van der Waals surface area contributed by atoms with Gasteiger partial charge in [-0.25, -0.2) is 0 Å². The van der Waals surface area contributed by atoms with Crippen molar-refractivity contribution in [2.45, 2.75) is 134 Å². The Bertz CT molecular complexity index is 1250. The molecule has 0 aromatic heterocycles. The van der Waals surface area contributed by atoms with E-state index in [9.17, 15) is 19.5 Å². The lowest BCUT2D eigenvalue weighted by Crippen LogP contribution is -2.62. The van der Waals surface area contributed by atoms with Gasteiger partial charge in [0.1, 0.15) is 12.1 Å². The zero-order valence-corrected chi connectivity index (χ0v) is 30.2. The number of carbonyl (C=O) groups is 3. The van der Waals surface area contributed by atoms with Crippen LogP contribution < -0.4 is 10.6 Å². The van der Waals surface area contributed by atoms with Crippen LogP contribution in [0, 0.1) is 40.4 Å². The molecule has 9 nitrogen and oxygen atoms in total. The van der Waals surface area contributed by atoms with Crippen molar-refractivity contribution in [3.8, 4) is 0 Å². The van der Waals surface area contributed by atoms with Crippen LogP contribution in [0.4, 0.5) is 0 Å². The Hall–Kier alpha value is -2.13. The van der Waals surface area contributed by atoms with Crippen molar-refractivity contribution in [3.05, 3.63) is 11.8 Å². The molecule has 9 atom stereocenters. The first kappa shape index (κ1) is 34.3. The van der Waals surface area contributed by atoms with Crippen molar-refractivity contribution in [2.75, 3.05) is 40.8 Å². The number of nitrogens with zero attached hydrogens (tertiary/aromatic N) is 3. The molecule has 3 amide bonds. The van der Waals surface area contributed by atoms with Crippen LogP contribution in [0.1, 0.15) is 110 Å². The maximum absolute atomic E-state index is 14.7. The second-order valence-corrected chi connectivity index (χ2v) is 18.2. The molecule has 0 aromatic rings. The predicted molar refractivity (Wildman–Crippen MR) is 186 cm³/mol. The van der Waals surface area contributed by atoms with E-state index in [2.05, 4.69) is 42.8 Å². The smallest absolute Gasteiger partial charge is 0.245 e. The minimum Gasteiger partial charge on any atom is -0.391 e. The molecule has 0 radical (unpaired) electrons. The van der Waals surface area contributed by atoms with Gasteiger partial charge in [-0.1, -0.05) is 39.0 Å². The van der Waals surface area contributed by atoms with Gasteiger partial charge in [0.25, 0.3) is 0 Å². The quantitative estimate of drug-likeness (QED) is 0.322. The summed E-state index contributed by atoms with van der Waals surface area (Å²) in [4.78, 5) is 49.3. The molecule has 2 aliphatic heterocycles. The molecule has 8 rings (SSSR count). The average molecular weight is 666 g/mol. The summed E-state index contributed by atoms with van der Waals surface area (Å²) in [5, 5.41) is 17.7. The Kier molecular flexibility index (Phi) is 9.68. The number of nitrogens with one attached hydrogen (secondary N) is 2. The van der Waals surface area contributed by atoms with E-state index in [4.69, 9.17) is 0 Å². The van der Waals surface area contributed by atoms with Gasteiger partial charge in [-0.2, -0.15) is 0 Å². The van der Waals surface area contributed by atoms with Gasteiger partial charge >= 0.3 is 0 Å². The van der Waals surface area contributed by atoms with Gasteiger partial charge in [-0.05, 0) is 119 Å². The van der Waals surface area contributed by atoms with Gasteiger partial charge < -0.3 is 30.4 Å². The van der Waals surface area contributed by atoms with Gasteiger partial charge in [0, 0.05) is 45.1 Å².